The van der Waals surface area contributed by atoms with Gasteiger partial charge in [-0.2, -0.15) is 4.98 Å². The second-order valence-electron chi connectivity index (χ2n) is 4.23. The molecule has 16 heavy (non-hydrogen) atoms. The van der Waals surface area contributed by atoms with E-state index in [4.69, 9.17) is 9.26 Å². The molecule has 1 saturated heterocycles. The minimum absolute atomic E-state index is 0.462. The molecule has 1 aromatic heterocycles. The molecule has 0 aromatic carbocycles. The largest absolute Gasteiger partial charge is 0.373 e. The smallest absolute Gasteiger partial charge is 0.226 e. The summed E-state index contributed by atoms with van der Waals surface area (Å²) in [4.78, 5) is 4.25. The average molecular weight is 225 g/mol. The van der Waals surface area contributed by atoms with Gasteiger partial charge in [-0.05, 0) is 25.3 Å². The molecule has 1 N–H and O–H groups in total. The zero-order chi connectivity index (χ0) is 11.2. The van der Waals surface area contributed by atoms with Gasteiger partial charge in [-0.25, -0.2) is 0 Å². The van der Waals surface area contributed by atoms with Crippen LogP contribution >= 0.6 is 0 Å². The van der Waals surface area contributed by atoms with Gasteiger partial charge in [0.15, 0.2) is 5.82 Å². The van der Waals surface area contributed by atoms with E-state index in [0.29, 0.717) is 24.2 Å². The lowest BCUT2D eigenvalue weighted by Crippen LogP contribution is -2.14. The van der Waals surface area contributed by atoms with Crippen LogP contribution < -0.4 is 5.32 Å². The maximum atomic E-state index is 5.57. The van der Waals surface area contributed by atoms with Crippen molar-refractivity contribution in [1.29, 1.82) is 0 Å². The third-order valence-corrected chi connectivity index (χ3v) is 2.72. The van der Waals surface area contributed by atoms with Gasteiger partial charge in [0.1, 0.15) is 6.61 Å². The summed E-state index contributed by atoms with van der Waals surface area (Å²) in [5, 5.41) is 7.18. The molecule has 1 unspecified atom stereocenters. The molecule has 1 fully saturated rings. The van der Waals surface area contributed by atoms with Crippen LogP contribution in [-0.4, -0.2) is 29.8 Å². The van der Waals surface area contributed by atoms with E-state index in [0.717, 1.165) is 32.5 Å². The summed E-state index contributed by atoms with van der Waals surface area (Å²) in [7, 11) is 0. The normalized spacial score (nSPS) is 20.4. The molecule has 1 aromatic rings. The third kappa shape index (κ3) is 3.28. The van der Waals surface area contributed by atoms with Crippen molar-refractivity contribution >= 4 is 0 Å². The highest BCUT2D eigenvalue weighted by atomic mass is 16.5. The molecular formula is C11H19N3O2. The molecule has 0 saturated carbocycles. The van der Waals surface area contributed by atoms with E-state index in [1.165, 1.54) is 6.42 Å². The molecule has 0 bridgehead atoms. The van der Waals surface area contributed by atoms with Crippen molar-refractivity contribution < 1.29 is 9.26 Å². The van der Waals surface area contributed by atoms with E-state index >= 15 is 0 Å². The topological polar surface area (TPSA) is 60.2 Å². The zero-order valence-corrected chi connectivity index (χ0v) is 9.74. The van der Waals surface area contributed by atoms with E-state index in [2.05, 4.69) is 22.4 Å². The van der Waals surface area contributed by atoms with Crippen molar-refractivity contribution in [3.05, 3.63) is 11.7 Å². The van der Waals surface area contributed by atoms with Crippen LogP contribution in [0.2, 0.25) is 0 Å². The van der Waals surface area contributed by atoms with Gasteiger partial charge >= 0.3 is 0 Å². The van der Waals surface area contributed by atoms with Crippen LogP contribution in [0.25, 0.3) is 0 Å². The van der Waals surface area contributed by atoms with Crippen LogP contribution in [0, 0.1) is 5.92 Å². The summed E-state index contributed by atoms with van der Waals surface area (Å²) >= 11 is 0. The molecule has 0 amide bonds. The fourth-order valence-electron chi connectivity index (χ4n) is 1.84. The summed E-state index contributed by atoms with van der Waals surface area (Å²) < 4.78 is 10.6. The van der Waals surface area contributed by atoms with Gasteiger partial charge in [0.05, 0.1) is 6.61 Å². The first kappa shape index (κ1) is 11.5. The summed E-state index contributed by atoms with van der Waals surface area (Å²) in [6.07, 6.45) is 3.07. The highest BCUT2D eigenvalue weighted by Crippen LogP contribution is 2.09. The Morgan fingerprint density at radius 3 is 3.25 bits per heavy atom. The van der Waals surface area contributed by atoms with Gasteiger partial charge in [-0.3, -0.25) is 0 Å². The van der Waals surface area contributed by atoms with Gasteiger partial charge in [0.2, 0.25) is 5.89 Å². The molecule has 2 rings (SSSR count). The van der Waals surface area contributed by atoms with Crippen molar-refractivity contribution in [3.63, 3.8) is 0 Å². The third-order valence-electron chi connectivity index (χ3n) is 2.72. The van der Waals surface area contributed by atoms with Gasteiger partial charge < -0.3 is 14.6 Å². The highest BCUT2D eigenvalue weighted by Gasteiger charge is 2.14. The Morgan fingerprint density at radius 2 is 2.50 bits per heavy atom. The Labute approximate surface area is 95.6 Å². The average Bonchev–Trinajstić information content (AvgIpc) is 2.90. The Balaban J connectivity index is 1.67. The maximum absolute atomic E-state index is 5.57. The second-order valence-corrected chi connectivity index (χ2v) is 4.23. The first-order chi connectivity index (χ1) is 7.88. The monoisotopic (exact) mass is 225 g/mol. The van der Waals surface area contributed by atoms with Crippen LogP contribution in [0.5, 0.6) is 0 Å². The molecule has 5 nitrogen and oxygen atoms in total. The molecule has 5 heteroatoms. The highest BCUT2D eigenvalue weighted by molar-refractivity contribution is 4.84. The first-order valence-corrected chi connectivity index (χ1v) is 5.98. The van der Waals surface area contributed by atoms with Crippen LogP contribution in [0.3, 0.4) is 0 Å². The lowest BCUT2D eigenvalue weighted by atomic mass is 10.1. The lowest BCUT2D eigenvalue weighted by Gasteiger charge is -2.06. The second kappa shape index (κ2) is 5.96. The Kier molecular flexibility index (Phi) is 4.30. The number of nitrogens with zero attached hydrogens (tertiary/aromatic N) is 2. The van der Waals surface area contributed by atoms with Crippen molar-refractivity contribution in [2.24, 2.45) is 5.92 Å². The first-order valence-electron chi connectivity index (χ1n) is 5.98. The summed E-state index contributed by atoms with van der Waals surface area (Å²) in [5.41, 5.74) is 0. The Morgan fingerprint density at radius 1 is 1.56 bits per heavy atom. The maximum Gasteiger partial charge on any atom is 0.226 e. The molecular weight excluding hydrogens is 206 g/mol. The Bertz CT molecular complexity index is 308. The van der Waals surface area contributed by atoms with E-state index in [1.807, 2.05) is 0 Å². The number of aryl methyl sites for hydroxylation is 1. The summed E-state index contributed by atoms with van der Waals surface area (Å²) in [5.74, 6) is 2.01. The van der Waals surface area contributed by atoms with Crippen LogP contribution in [0.1, 0.15) is 31.5 Å². The lowest BCUT2D eigenvalue weighted by molar-refractivity contribution is 0.0864. The van der Waals surface area contributed by atoms with Gasteiger partial charge in [-0.1, -0.05) is 12.1 Å². The number of hydrogen-bond donors (Lipinski definition) is 1. The van der Waals surface area contributed by atoms with E-state index in [1.54, 1.807) is 0 Å². The van der Waals surface area contributed by atoms with Gasteiger partial charge in [0.25, 0.3) is 0 Å². The van der Waals surface area contributed by atoms with Crippen LogP contribution in [-0.2, 0) is 17.8 Å². The van der Waals surface area contributed by atoms with Crippen molar-refractivity contribution in [1.82, 2.24) is 15.5 Å². The minimum Gasteiger partial charge on any atom is -0.373 e. The molecule has 1 atom stereocenters. The molecule has 1 aliphatic rings. The van der Waals surface area contributed by atoms with E-state index < -0.39 is 0 Å². The van der Waals surface area contributed by atoms with E-state index in [9.17, 15) is 0 Å². The molecule has 0 radical (unpaired) electrons. The van der Waals surface area contributed by atoms with Crippen molar-refractivity contribution in [2.45, 2.75) is 32.8 Å². The van der Waals surface area contributed by atoms with Gasteiger partial charge in [0, 0.05) is 13.0 Å². The number of aromatic nitrogens is 2. The molecule has 2 heterocycles. The summed E-state index contributed by atoms with van der Waals surface area (Å²) in [6, 6.07) is 0. The zero-order valence-electron chi connectivity index (χ0n) is 9.74. The van der Waals surface area contributed by atoms with Gasteiger partial charge in [-0.15, -0.1) is 0 Å². The molecule has 1 aliphatic heterocycles. The number of rotatable bonds is 6. The predicted octanol–water partition coefficient (Wildman–Crippen LogP) is 1.15. The molecule has 0 spiro atoms. The van der Waals surface area contributed by atoms with Crippen molar-refractivity contribution in [2.75, 3.05) is 19.7 Å². The van der Waals surface area contributed by atoms with Crippen LogP contribution in [0.4, 0.5) is 0 Å². The predicted molar refractivity (Wildman–Crippen MR) is 58.9 cm³/mol. The fourth-order valence-corrected chi connectivity index (χ4v) is 1.84. The minimum atomic E-state index is 0.462. The Hall–Kier alpha value is -0.940. The SMILES string of the molecule is CCCc1nc(COCC2CCNC2)no1. The van der Waals surface area contributed by atoms with Crippen molar-refractivity contribution in [3.8, 4) is 0 Å². The standard InChI is InChI=1S/C11H19N3O2/c1-2-3-11-13-10(14-16-11)8-15-7-9-4-5-12-6-9/h9,12H,2-8H2,1H3. The van der Waals surface area contributed by atoms with Crippen LogP contribution in [0.15, 0.2) is 4.52 Å². The summed E-state index contributed by atoms with van der Waals surface area (Å²) in [6.45, 7) is 5.51. The van der Waals surface area contributed by atoms with E-state index in [-0.39, 0.29) is 0 Å². The number of ether oxygens (including phenoxy) is 1. The quantitative estimate of drug-likeness (QED) is 0.787. The molecule has 0 aliphatic carbocycles. The number of nitrogens with one attached hydrogen (secondary N) is 1. The number of hydrogen-bond acceptors (Lipinski definition) is 5. The fraction of sp³-hybridized carbons (Fsp3) is 0.818. The molecule has 90 valence electrons.